The maximum Gasteiger partial charge on any atom is 0.239 e. The Bertz CT molecular complexity index is 362. The third-order valence-corrected chi connectivity index (χ3v) is 2.75. The van der Waals surface area contributed by atoms with E-state index in [-0.39, 0.29) is 11.8 Å². The summed E-state index contributed by atoms with van der Waals surface area (Å²) in [5, 5.41) is 2.75. The van der Waals surface area contributed by atoms with Crippen molar-refractivity contribution in [3.63, 3.8) is 0 Å². The van der Waals surface area contributed by atoms with Crippen LogP contribution in [0.5, 0.6) is 0 Å². The molecule has 0 saturated carbocycles. The predicted molar refractivity (Wildman–Crippen MR) is 57.8 cm³/mol. The number of hydrogen-bond donors (Lipinski definition) is 1. The zero-order valence-corrected chi connectivity index (χ0v) is 8.60. The minimum atomic E-state index is -0.149. The van der Waals surface area contributed by atoms with Gasteiger partial charge < -0.3 is 5.32 Å². The number of halogens is 1. The number of hydrogen-bond acceptors (Lipinski definition) is 1. The zero-order valence-electron chi connectivity index (χ0n) is 7.85. The van der Waals surface area contributed by atoms with E-state index in [1.807, 2.05) is 12.1 Å². The van der Waals surface area contributed by atoms with Crippen LogP contribution >= 0.6 is 11.6 Å². The van der Waals surface area contributed by atoms with Crippen LogP contribution in [0.15, 0.2) is 18.2 Å². The van der Waals surface area contributed by atoms with Crippen LogP contribution < -0.4 is 5.32 Å². The number of aryl methyl sites for hydroxylation is 2. The summed E-state index contributed by atoms with van der Waals surface area (Å²) < 4.78 is 0. The van der Waals surface area contributed by atoms with Crippen LogP contribution in [-0.4, -0.2) is 11.8 Å². The molecular formula is C11H12ClNO. The van der Waals surface area contributed by atoms with Crippen LogP contribution in [0.25, 0.3) is 0 Å². The monoisotopic (exact) mass is 209 g/mol. The Morgan fingerprint density at radius 3 is 2.93 bits per heavy atom. The zero-order chi connectivity index (χ0) is 9.97. The Morgan fingerprint density at radius 2 is 2.14 bits per heavy atom. The Hall–Kier alpha value is -1.02. The number of carbonyl (C=O) groups excluding carboxylic acids is 1. The average molecular weight is 210 g/mol. The van der Waals surface area contributed by atoms with E-state index in [2.05, 4.69) is 11.4 Å². The molecule has 0 radical (unpaired) electrons. The van der Waals surface area contributed by atoms with E-state index in [0.29, 0.717) is 0 Å². The molecule has 1 aromatic rings. The maximum absolute atomic E-state index is 11.0. The molecule has 74 valence electrons. The average Bonchev–Trinajstić information content (AvgIpc) is 2.64. The van der Waals surface area contributed by atoms with E-state index in [0.717, 1.165) is 12.1 Å². The second-order valence-electron chi connectivity index (χ2n) is 3.52. The lowest BCUT2D eigenvalue weighted by molar-refractivity contribution is -0.113. The normalized spacial score (nSPS) is 13.8. The number of amides is 1. The summed E-state index contributed by atoms with van der Waals surface area (Å²) in [6.45, 7) is 0. The Labute approximate surface area is 88.3 Å². The van der Waals surface area contributed by atoms with Crippen LogP contribution in [-0.2, 0) is 17.6 Å². The molecule has 2 nitrogen and oxygen atoms in total. The molecule has 1 aliphatic rings. The van der Waals surface area contributed by atoms with Gasteiger partial charge in [-0.2, -0.15) is 0 Å². The van der Waals surface area contributed by atoms with Gasteiger partial charge in [0.1, 0.15) is 5.88 Å². The van der Waals surface area contributed by atoms with Gasteiger partial charge in [-0.05, 0) is 42.5 Å². The van der Waals surface area contributed by atoms with Crippen molar-refractivity contribution < 1.29 is 4.79 Å². The summed E-state index contributed by atoms with van der Waals surface area (Å²) in [5.41, 5.74) is 3.63. The minimum absolute atomic E-state index is 0.0110. The summed E-state index contributed by atoms with van der Waals surface area (Å²) in [6, 6.07) is 6.08. The van der Waals surface area contributed by atoms with E-state index in [1.165, 1.54) is 24.0 Å². The van der Waals surface area contributed by atoms with Crippen LogP contribution in [0.1, 0.15) is 17.5 Å². The fourth-order valence-electron chi connectivity index (χ4n) is 1.84. The first kappa shape index (κ1) is 9.53. The SMILES string of the molecule is O=C(CCl)Nc1ccc2c(c1)CCC2. The molecule has 0 aromatic heterocycles. The molecule has 0 saturated heterocycles. The first-order chi connectivity index (χ1) is 6.79. The van der Waals surface area contributed by atoms with Gasteiger partial charge in [-0.1, -0.05) is 6.07 Å². The van der Waals surface area contributed by atoms with Gasteiger partial charge in [0.15, 0.2) is 0 Å². The Morgan fingerprint density at radius 1 is 1.36 bits per heavy atom. The van der Waals surface area contributed by atoms with Gasteiger partial charge in [0, 0.05) is 5.69 Å². The predicted octanol–water partition coefficient (Wildman–Crippen LogP) is 2.35. The highest BCUT2D eigenvalue weighted by Crippen LogP contribution is 2.24. The first-order valence-electron chi connectivity index (χ1n) is 4.77. The highest BCUT2D eigenvalue weighted by Gasteiger charge is 2.11. The number of nitrogens with one attached hydrogen (secondary N) is 1. The fraction of sp³-hybridized carbons (Fsp3) is 0.364. The number of anilines is 1. The highest BCUT2D eigenvalue weighted by atomic mass is 35.5. The molecule has 0 heterocycles. The summed E-state index contributed by atoms with van der Waals surface area (Å²) in [7, 11) is 0. The van der Waals surface area contributed by atoms with Gasteiger partial charge in [0.25, 0.3) is 0 Å². The molecule has 2 rings (SSSR count). The Kier molecular flexibility index (Phi) is 2.73. The van der Waals surface area contributed by atoms with E-state index in [4.69, 9.17) is 11.6 Å². The molecule has 1 aliphatic carbocycles. The molecule has 0 fully saturated rings. The summed E-state index contributed by atoms with van der Waals surface area (Å²) in [4.78, 5) is 11.0. The molecule has 0 atom stereocenters. The van der Waals surface area contributed by atoms with E-state index < -0.39 is 0 Å². The van der Waals surface area contributed by atoms with Gasteiger partial charge in [-0.25, -0.2) is 0 Å². The summed E-state index contributed by atoms with van der Waals surface area (Å²) >= 11 is 5.41. The van der Waals surface area contributed by atoms with Gasteiger partial charge in [0.05, 0.1) is 0 Å². The highest BCUT2D eigenvalue weighted by molar-refractivity contribution is 6.29. The largest absolute Gasteiger partial charge is 0.325 e. The van der Waals surface area contributed by atoms with Crippen molar-refractivity contribution in [2.75, 3.05) is 11.2 Å². The van der Waals surface area contributed by atoms with Gasteiger partial charge >= 0.3 is 0 Å². The quantitative estimate of drug-likeness (QED) is 0.745. The van der Waals surface area contributed by atoms with Gasteiger partial charge in [-0.3, -0.25) is 4.79 Å². The van der Waals surface area contributed by atoms with Crippen LogP contribution in [0, 0.1) is 0 Å². The lowest BCUT2D eigenvalue weighted by Gasteiger charge is -2.05. The molecule has 1 N–H and O–H groups in total. The number of rotatable bonds is 2. The lowest BCUT2D eigenvalue weighted by Crippen LogP contribution is -2.12. The fourth-order valence-corrected chi connectivity index (χ4v) is 1.91. The van der Waals surface area contributed by atoms with Gasteiger partial charge in [0.2, 0.25) is 5.91 Å². The number of benzene rings is 1. The van der Waals surface area contributed by atoms with Crippen molar-refractivity contribution in [1.29, 1.82) is 0 Å². The maximum atomic E-state index is 11.0. The van der Waals surface area contributed by atoms with Crippen molar-refractivity contribution in [3.05, 3.63) is 29.3 Å². The van der Waals surface area contributed by atoms with Crippen molar-refractivity contribution in [2.24, 2.45) is 0 Å². The van der Waals surface area contributed by atoms with Crippen LogP contribution in [0.3, 0.4) is 0 Å². The molecule has 0 aliphatic heterocycles. The first-order valence-corrected chi connectivity index (χ1v) is 5.30. The number of fused-ring (bicyclic) bond motifs is 1. The molecule has 14 heavy (non-hydrogen) atoms. The van der Waals surface area contributed by atoms with E-state index >= 15 is 0 Å². The lowest BCUT2D eigenvalue weighted by atomic mass is 10.1. The van der Waals surface area contributed by atoms with Crippen molar-refractivity contribution in [1.82, 2.24) is 0 Å². The third-order valence-electron chi connectivity index (χ3n) is 2.50. The standard InChI is InChI=1S/C11H12ClNO/c12-7-11(14)13-10-5-4-8-2-1-3-9(8)6-10/h4-6H,1-3,7H2,(H,13,14). The van der Waals surface area contributed by atoms with Crippen LogP contribution in [0.2, 0.25) is 0 Å². The molecule has 0 unspecified atom stereocenters. The molecular weight excluding hydrogens is 198 g/mol. The van der Waals surface area contributed by atoms with Crippen molar-refractivity contribution >= 4 is 23.2 Å². The topological polar surface area (TPSA) is 29.1 Å². The number of carbonyl (C=O) groups is 1. The van der Waals surface area contributed by atoms with E-state index in [9.17, 15) is 4.79 Å². The second-order valence-corrected chi connectivity index (χ2v) is 3.79. The second kappa shape index (κ2) is 4.01. The van der Waals surface area contributed by atoms with Crippen molar-refractivity contribution in [3.8, 4) is 0 Å². The third kappa shape index (κ3) is 1.90. The van der Waals surface area contributed by atoms with E-state index in [1.54, 1.807) is 0 Å². The molecule has 0 spiro atoms. The molecule has 1 aromatic carbocycles. The summed E-state index contributed by atoms with van der Waals surface area (Å²) in [6.07, 6.45) is 3.52. The molecule has 3 heteroatoms. The minimum Gasteiger partial charge on any atom is -0.325 e. The smallest absolute Gasteiger partial charge is 0.239 e. The Balaban J connectivity index is 2.16. The number of alkyl halides is 1. The van der Waals surface area contributed by atoms with Gasteiger partial charge in [-0.15, -0.1) is 11.6 Å². The summed E-state index contributed by atoms with van der Waals surface area (Å²) in [5.74, 6) is -0.138. The van der Waals surface area contributed by atoms with Crippen LogP contribution in [0.4, 0.5) is 5.69 Å². The van der Waals surface area contributed by atoms with Crippen molar-refractivity contribution in [2.45, 2.75) is 19.3 Å². The molecule has 0 bridgehead atoms. The molecule has 1 amide bonds.